The van der Waals surface area contributed by atoms with E-state index >= 15 is 0 Å². The van der Waals surface area contributed by atoms with Crippen molar-refractivity contribution in [3.05, 3.63) is 33.3 Å². The monoisotopic (exact) mass is 215 g/mol. The molecule has 3 heteroatoms. The third kappa shape index (κ3) is 1.69. The van der Waals surface area contributed by atoms with Gasteiger partial charge in [0.1, 0.15) is 0 Å². The van der Waals surface area contributed by atoms with Crippen molar-refractivity contribution in [3.8, 4) is 0 Å². The van der Waals surface area contributed by atoms with E-state index < -0.39 is 0 Å². The van der Waals surface area contributed by atoms with Crippen LogP contribution in [0.15, 0.2) is 12.1 Å². The first-order valence-corrected chi connectivity index (χ1v) is 5.15. The van der Waals surface area contributed by atoms with Gasteiger partial charge in [0.15, 0.2) is 0 Å². The van der Waals surface area contributed by atoms with Gasteiger partial charge in [-0.3, -0.25) is 0 Å². The van der Waals surface area contributed by atoms with Gasteiger partial charge in [0.25, 0.3) is 0 Å². The second-order valence-electron chi connectivity index (χ2n) is 3.39. The molecular weight excluding hydrogens is 205 g/mol. The molecule has 1 N–H and O–H groups in total. The minimum Gasteiger partial charge on any atom is -0.310 e. The maximum absolute atomic E-state index is 5.95. The Morgan fingerprint density at radius 2 is 2.00 bits per heavy atom. The number of benzene rings is 1. The highest BCUT2D eigenvalue weighted by Crippen LogP contribution is 2.31. The molecule has 0 fully saturated rings. The van der Waals surface area contributed by atoms with Crippen LogP contribution in [0.5, 0.6) is 0 Å². The van der Waals surface area contributed by atoms with Crippen molar-refractivity contribution >= 4 is 23.2 Å². The topological polar surface area (TPSA) is 12.0 Å². The number of hydrogen-bond acceptors (Lipinski definition) is 1. The van der Waals surface area contributed by atoms with Crippen LogP contribution >= 0.6 is 23.2 Å². The van der Waals surface area contributed by atoms with E-state index in [1.165, 1.54) is 11.1 Å². The van der Waals surface area contributed by atoms with Crippen molar-refractivity contribution in [2.75, 3.05) is 6.54 Å². The fraction of sp³-hybridized carbons (Fsp3) is 0.400. The van der Waals surface area contributed by atoms with Gasteiger partial charge in [0.05, 0.1) is 10.0 Å². The number of hydrogen-bond donors (Lipinski definition) is 1. The summed E-state index contributed by atoms with van der Waals surface area (Å²) in [6.45, 7) is 3.16. The standard InChI is InChI=1S/C10H11Cl2N/c1-6-8-5-10(12)9(11)4-7(8)2-3-13-6/h4-6,13H,2-3H2,1H3. The fourth-order valence-corrected chi connectivity index (χ4v) is 2.11. The lowest BCUT2D eigenvalue weighted by Crippen LogP contribution is -2.27. The van der Waals surface area contributed by atoms with Crippen molar-refractivity contribution in [2.45, 2.75) is 19.4 Å². The van der Waals surface area contributed by atoms with Gasteiger partial charge in [-0.1, -0.05) is 23.2 Å². The van der Waals surface area contributed by atoms with Crippen LogP contribution in [0.25, 0.3) is 0 Å². The number of fused-ring (bicyclic) bond motifs is 1. The van der Waals surface area contributed by atoms with Gasteiger partial charge < -0.3 is 5.32 Å². The summed E-state index contributed by atoms with van der Waals surface area (Å²) in [7, 11) is 0. The Hall–Kier alpha value is -0.240. The highest BCUT2D eigenvalue weighted by Gasteiger charge is 2.16. The van der Waals surface area contributed by atoms with Crippen LogP contribution in [0.4, 0.5) is 0 Å². The number of rotatable bonds is 0. The Kier molecular flexibility index (Phi) is 2.50. The Labute approximate surface area is 88.0 Å². The zero-order valence-electron chi connectivity index (χ0n) is 7.40. The van der Waals surface area contributed by atoms with Crippen LogP contribution in [-0.2, 0) is 6.42 Å². The molecule has 1 nitrogen and oxygen atoms in total. The lowest BCUT2D eigenvalue weighted by molar-refractivity contribution is 0.541. The molecule has 2 rings (SSSR count). The van der Waals surface area contributed by atoms with E-state index in [-0.39, 0.29) is 0 Å². The molecule has 0 bridgehead atoms. The molecule has 0 radical (unpaired) electrons. The van der Waals surface area contributed by atoms with Crippen molar-refractivity contribution < 1.29 is 0 Å². The second-order valence-corrected chi connectivity index (χ2v) is 4.21. The summed E-state index contributed by atoms with van der Waals surface area (Å²) in [4.78, 5) is 0. The lowest BCUT2D eigenvalue weighted by Gasteiger charge is -2.24. The molecule has 1 aromatic carbocycles. The summed E-state index contributed by atoms with van der Waals surface area (Å²) >= 11 is 11.9. The van der Waals surface area contributed by atoms with Crippen molar-refractivity contribution in [1.29, 1.82) is 0 Å². The zero-order chi connectivity index (χ0) is 9.42. The molecule has 0 amide bonds. The molecule has 70 valence electrons. The molecular formula is C10H11Cl2N. The molecule has 0 aliphatic carbocycles. The highest BCUT2D eigenvalue weighted by atomic mass is 35.5. The van der Waals surface area contributed by atoms with Crippen LogP contribution in [0.2, 0.25) is 10.0 Å². The summed E-state index contributed by atoms with van der Waals surface area (Å²) in [5.74, 6) is 0. The summed E-state index contributed by atoms with van der Waals surface area (Å²) in [6.07, 6.45) is 1.04. The maximum atomic E-state index is 5.95. The van der Waals surface area contributed by atoms with Gasteiger partial charge in [-0.25, -0.2) is 0 Å². The largest absolute Gasteiger partial charge is 0.310 e. The molecule has 1 atom stereocenters. The van der Waals surface area contributed by atoms with Gasteiger partial charge in [0.2, 0.25) is 0 Å². The van der Waals surface area contributed by atoms with Crippen molar-refractivity contribution in [1.82, 2.24) is 5.32 Å². The normalized spacial score (nSPS) is 21.3. The van der Waals surface area contributed by atoms with Gasteiger partial charge >= 0.3 is 0 Å². The first-order valence-electron chi connectivity index (χ1n) is 4.39. The minimum atomic E-state index is 0.388. The van der Waals surface area contributed by atoms with Gasteiger partial charge in [0, 0.05) is 6.04 Å². The van der Waals surface area contributed by atoms with E-state index in [9.17, 15) is 0 Å². The fourth-order valence-electron chi connectivity index (χ4n) is 1.76. The van der Waals surface area contributed by atoms with Crippen molar-refractivity contribution in [2.24, 2.45) is 0 Å². The van der Waals surface area contributed by atoms with Crippen LogP contribution in [0.3, 0.4) is 0 Å². The Morgan fingerprint density at radius 1 is 1.31 bits per heavy atom. The molecule has 1 aromatic rings. The minimum absolute atomic E-state index is 0.388. The third-order valence-corrected chi connectivity index (χ3v) is 3.22. The summed E-state index contributed by atoms with van der Waals surface area (Å²) in [6, 6.07) is 4.34. The zero-order valence-corrected chi connectivity index (χ0v) is 8.91. The average molecular weight is 216 g/mol. The number of halogens is 2. The Morgan fingerprint density at radius 3 is 2.77 bits per heavy atom. The van der Waals surface area contributed by atoms with Crippen LogP contribution < -0.4 is 5.32 Å². The smallest absolute Gasteiger partial charge is 0.0595 e. The number of nitrogens with one attached hydrogen (secondary N) is 1. The summed E-state index contributed by atoms with van der Waals surface area (Å²) in [5, 5.41) is 4.69. The molecule has 1 unspecified atom stereocenters. The van der Waals surface area contributed by atoms with Crippen LogP contribution in [0, 0.1) is 0 Å². The van der Waals surface area contributed by atoms with Gasteiger partial charge in [-0.05, 0) is 43.1 Å². The summed E-state index contributed by atoms with van der Waals surface area (Å²) < 4.78 is 0. The molecule has 0 spiro atoms. The van der Waals surface area contributed by atoms with E-state index in [1.54, 1.807) is 0 Å². The van der Waals surface area contributed by atoms with E-state index in [0.29, 0.717) is 16.1 Å². The molecule has 1 heterocycles. The highest BCUT2D eigenvalue weighted by molar-refractivity contribution is 6.42. The van der Waals surface area contributed by atoms with E-state index in [0.717, 1.165) is 13.0 Å². The molecule has 0 saturated heterocycles. The molecule has 1 aliphatic rings. The van der Waals surface area contributed by atoms with Crippen molar-refractivity contribution in [3.63, 3.8) is 0 Å². The predicted octanol–water partition coefficient (Wildman–Crippen LogP) is 3.20. The third-order valence-electron chi connectivity index (χ3n) is 2.49. The van der Waals surface area contributed by atoms with Gasteiger partial charge in [-0.15, -0.1) is 0 Å². The maximum Gasteiger partial charge on any atom is 0.0595 e. The molecule has 0 saturated carbocycles. The Balaban J connectivity index is 2.52. The van der Waals surface area contributed by atoms with Crippen LogP contribution in [-0.4, -0.2) is 6.54 Å². The first-order chi connectivity index (χ1) is 6.18. The molecule has 0 aromatic heterocycles. The van der Waals surface area contributed by atoms with E-state index in [4.69, 9.17) is 23.2 Å². The van der Waals surface area contributed by atoms with E-state index in [1.807, 2.05) is 12.1 Å². The molecule has 13 heavy (non-hydrogen) atoms. The quantitative estimate of drug-likeness (QED) is 0.702. The second kappa shape index (κ2) is 3.49. The predicted molar refractivity (Wildman–Crippen MR) is 56.6 cm³/mol. The Bertz CT molecular complexity index is 336. The lowest BCUT2D eigenvalue weighted by atomic mass is 9.95. The summed E-state index contributed by atoms with van der Waals surface area (Å²) in [5.41, 5.74) is 2.60. The molecule has 1 aliphatic heterocycles. The SMILES string of the molecule is CC1NCCc2cc(Cl)c(Cl)cc21. The first kappa shape index (κ1) is 9.32. The van der Waals surface area contributed by atoms with Gasteiger partial charge in [-0.2, -0.15) is 0 Å². The van der Waals surface area contributed by atoms with Crippen LogP contribution in [0.1, 0.15) is 24.1 Å². The average Bonchev–Trinajstić information content (AvgIpc) is 2.09. The van der Waals surface area contributed by atoms with E-state index in [2.05, 4.69) is 12.2 Å².